The zero-order chi connectivity index (χ0) is 17.7. The van der Waals surface area contributed by atoms with Crippen molar-refractivity contribution < 1.29 is 51.6 Å². The van der Waals surface area contributed by atoms with Crippen LogP contribution in [0.15, 0.2) is 52.5 Å². The summed E-state index contributed by atoms with van der Waals surface area (Å²) >= 11 is 0. The van der Waals surface area contributed by atoms with E-state index in [0.29, 0.717) is 11.3 Å². The molecule has 0 fully saturated rings. The van der Waals surface area contributed by atoms with E-state index < -0.39 is 16.0 Å². The van der Waals surface area contributed by atoms with Gasteiger partial charge in [-0.15, -0.1) is 0 Å². The zero-order valence-electron chi connectivity index (χ0n) is 12.9. The van der Waals surface area contributed by atoms with Gasteiger partial charge in [0.1, 0.15) is 11.5 Å². The smallest absolute Gasteiger partial charge is 0.294 e. The molecule has 0 aliphatic rings. The van der Waals surface area contributed by atoms with Crippen molar-refractivity contribution in [1.29, 1.82) is 0 Å². The minimum Gasteiger partial charge on any atom is -1.00 e. The number of benzene rings is 2. The molecule has 8 nitrogen and oxygen atoms in total. The van der Waals surface area contributed by atoms with Crippen LogP contribution in [0.4, 0.5) is 0 Å². The first-order chi connectivity index (χ1) is 11.3. The third kappa shape index (κ3) is 5.69. The molecule has 1 amide bonds. The molecular weight excluding hydrogens is 463 g/mol. The number of ether oxygens (including phenoxy) is 1. The average molecular weight is 477 g/mol. The first-order valence-corrected chi connectivity index (χ1v) is 8.03. The maximum absolute atomic E-state index is 11.9. The number of carbonyl (C=O) groups excluding carboxylic acids is 1. The summed E-state index contributed by atoms with van der Waals surface area (Å²) in [5.74, 6) is -0.168. The molecule has 10 heteroatoms. The number of amides is 1. The fraction of sp³-hybridized carbons (Fsp3) is 0.0667. The van der Waals surface area contributed by atoms with Crippen LogP contribution in [0.1, 0.15) is 15.9 Å². The van der Waals surface area contributed by atoms with Gasteiger partial charge in [0.2, 0.25) is 0 Å². The number of carbonyl (C=O) groups is 1. The van der Waals surface area contributed by atoms with Crippen LogP contribution >= 0.6 is 0 Å². The van der Waals surface area contributed by atoms with Crippen molar-refractivity contribution in [3.05, 3.63) is 53.6 Å². The van der Waals surface area contributed by atoms with Gasteiger partial charge in [0.05, 0.1) is 18.2 Å². The summed E-state index contributed by atoms with van der Waals surface area (Å²) in [5, 5.41) is 13.5. The lowest BCUT2D eigenvalue weighted by Gasteiger charge is -2.03. The lowest BCUT2D eigenvalue weighted by Crippen LogP contribution is -3.00. The standard InChI is InChI=1S/C15H14N2O6S.HI/c1-23-12-5-2-11(14(18)8-12)9-16-17-15(19)10-3-6-13(7-4-10)24(20,21)22;/h2-9,18H,1H3,(H,17,19)(H,20,21,22);1H/p-1/b16-9+;. The number of hydrazone groups is 1. The quantitative estimate of drug-likeness (QED) is 0.207. The van der Waals surface area contributed by atoms with Crippen molar-refractivity contribution in [2.24, 2.45) is 5.10 Å². The van der Waals surface area contributed by atoms with Crippen molar-refractivity contribution in [3.63, 3.8) is 0 Å². The van der Waals surface area contributed by atoms with Crippen LogP contribution in [-0.4, -0.2) is 37.3 Å². The van der Waals surface area contributed by atoms with Crippen LogP contribution < -0.4 is 34.1 Å². The van der Waals surface area contributed by atoms with E-state index in [0.717, 1.165) is 12.1 Å². The van der Waals surface area contributed by atoms with Crippen LogP contribution in [0.5, 0.6) is 11.5 Å². The third-order valence-corrected chi connectivity index (χ3v) is 3.89. The number of aromatic hydroxyl groups is 1. The molecule has 2 aromatic rings. The molecule has 0 heterocycles. The monoisotopic (exact) mass is 477 g/mol. The number of halogens is 1. The highest BCUT2D eigenvalue weighted by Crippen LogP contribution is 2.21. The summed E-state index contributed by atoms with van der Waals surface area (Å²) in [6, 6.07) is 9.25. The largest absolute Gasteiger partial charge is 1.00 e. The van der Waals surface area contributed by atoms with Gasteiger partial charge in [0, 0.05) is 17.2 Å². The molecule has 0 saturated carbocycles. The molecule has 0 aromatic heterocycles. The van der Waals surface area contributed by atoms with Crippen molar-refractivity contribution in [3.8, 4) is 11.5 Å². The Morgan fingerprint density at radius 1 is 1.20 bits per heavy atom. The first-order valence-electron chi connectivity index (χ1n) is 6.59. The van der Waals surface area contributed by atoms with Crippen molar-refractivity contribution >= 4 is 22.2 Å². The number of phenolic OH excluding ortho intramolecular Hbond substituents is 1. The van der Waals surface area contributed by atoms with E-state index in [1.165, 1.54) is 31.5 Å². The summed E-state index contributed by atoms with van der Waals surface area (Å²) in [5.41, 5.74) is 2.76. The Balaban J connectivity index is 0.00000312. The number of hydrogen-bond acceptors (Lipinski definition) is 6. The molecule has 0 spiro atoms. The number of hydrogen-bond donors (Lipinski definition) is 3. The number of rotatable bonds is 5. The predicted octanol–water partition coefficient (Wildman–Crippen LogP) is -1.58. The summed E-state index contributed by atoms with van der Waals surface area (Å²) in [4.78, 5) is 11.5. The molecule has 134 valence electrons. The molecule has 2 rings (SSSR count). The molecule has 3 N–H and O–H groups in total. The van der Waals surface area contributed by atoms with Crippen LogP contribution in [-0.2, 0) is 10.1 Å². The van der Waals surface area contributed by atoms with E-state index in [1.54, 1.807) is 12.1 Å². The van der Waals surface area contributed by atoms with Gasteiger partial charge < -0.3 is 33.8 Å². The number of nitrogens with one attached hydrogen (secondary N) is 1. The Bertz CT molecular complexity index is 881. The summed E-state index contributed by atoms with van der Waals surface area (Å²) in [6.45, 7) is 0. The molecule has 0 bridgehead atoms. The zero-order valence-corrected chi connectivity index (χ0v) is 15.9. The minimum absolute atomic E-state index is 0. The Morgan fingerprint density at radius 3 is 2.36 bits per heavy atom. The number of phenols is 1. The second-order valence-electron chi connectivity index (χ2n) is 4.62. The maximum atomic E-state index is 11.9. The summed E-state index contributed by atoms with van der Waals surface area (Å²) < 4.78 is 35.7. The van der Waals surface area contributed by atoms with Crippen LogP contribution in [0.3, 0.4) is 0 Å². The number of methoxy groups -OCH3 is 1. The van der Waals surface area contributed by atoms with Crippen molar-refractivity contribution in [1.82, 2.24) is 5.43 Å². The lowest BCUT2D eigenvalue weighted by atomic mass is 10.2. The molecule has 0 radical (unpaired) electrons. The minimum atomic E-state index is -4.31. The maximum Gasteiger partial charge on any atom is 0.294 e. The van der Waals surface area contributed by atoms with E-state index in [4.69, 9.17) is 9.29 Å². The normalized spacial score (nSPS) is 11.0. The van der Waals surface area contributed by atoms with E-state index in [9.17, 15) is 18.3 Å². The van der Waals surface area contributed by atoms with Crippen LogP contribution in [0.25, 0.3) is 0 Å². The molecule has 2 aromatic carbocycles. The molecule has 0 unspecified atom stereocenters. The predicted molar refractivity (Wildman–Crippen MR) is 86.0 cm³/mol. The van der Waals surface area contributed by atoms with E-state index in [-0.39, 0.29) is 40.2 Å². The van der Waals surface area contributed by atoms with Crippen LogP contribution in [0.2, 0.25) is 0 Å². The molecular formula is C15H14IN2O6S-. The van der Waals surface area contributed by atoms with Gasteiger partial charge in [-0.25, -0.2) is 5.43 Å². The summed E-state index contributed by atoms with van der Waals surface area (Å²) in [6.07, 6.45) is 1.25. The van der Waals surface area contributed by atoms with Crippen LogP contribution in [0, 0.1) is 0 Å². The van der Waals surface area contributed by atoms with Gasteiger partial charge in [-0.05, 0) is 36.4 Å². The Hall–Kier alpha value is -2.18. The fourth-order valence-electron chi connectivity index (χ4n) is 1.76. The topological polar surface area (TPSA) is 125 Å². The van der Waals surface area contributed by atoms with E-state index in [1.807, 2.05) is 0 Å². The SMILES string of the molecule is COc1ccc(/C=N/NC(=O)c2ccc(S(=O)(=O)O)cc2)c(O)c1.[I-]. The van der Waals surface area contributed by atoms with Crippen molar-refractivity contribution in [2.75, 3.05) is 7.11 Å². The second kappa shape index (κ2) is 8.78. The highest BCUT2D eigenvalue weighted by molar-refractivity contribution is 7.85. The molecule has 0 atom stereocenters. The Morgan fingerprint density at radius 2 is 1.84 bits per heavy atom. The van der Waals surface area contributed by atoms with Gasteiger partial charge in [0.25, 0.3) is 16.0 Å². The van der Waals surface area contributed by atoms with Gasteiger partial charge >= 0.3 is 0 Å². The Kier molecular flexibility index (Phi) is 7.33. The van der Waals surface area contributed by atoms with Gasteiger partial charge in [0.15, 0.2) is 0 Å². The van der Waals surface area contributed by atoms with Gasteiger partial charge in [-0.1, -0.05) is 0 Å². The molecule has 25 heavy (non-hydrogen) atoms. The van der Waals surface area contributed by atoms with Gasteiger partial charge in [-0.2, -0.15) is 13.5 Å². The molecule has 0 saturated heterocycles. The van der Waals surface area contributed by atoms with Gasteiger partial charge in [-0.3, -0.25) is 9.35 Å². The fourth-order valence-corrected chi connectivity index (χ4v) is 2.24. The third-order valence-electron chi connectivity index (χ3n) is 3.02. The first kappa shape index (κ1) is 20.9. The molecule has 0 aliphatic carbocycles. The Labute approximate surface area is 161 Å². The highest BCUT2D eigenvalue weighted by atomic mass is 127. The molecule has 0 aliphatic heterocycles. The lowest BCUT2D eigenvalue weighted by molar-refractivity contribution is -0.0000184. The van der Waals surface area contributed by atoms with E-state index >= 15 is 0 Å². The average Bonchev–Trinajstić information content (AvgIpc) is 2.55. The van der Waals surface area contributed by atoms with Crippen molar-refractivity contribution in [2.45, 2.75) is 4.90 Å². The number of nitrogens with zero attached hydrogens (tertiary/aromatic N) is 1. The highest BCUT2D eigenvalue weighted by Gasteiger charge is 2.11. The summed E-state index contributed by atoms with van der Waals surface area (Å²) in [7, 11) is -2.84. The van der Waals surface area contributed by atoms with E-state index in [2.05, 4.69) is 10.5 Å². The second-order valence-corrected chi connectivity index (χ2v) is 6.04.